The van der Waals surface area contributed by atoms with E-state index in [9.17, 15) is 4.79 Å². The average molecular weight is 215 g/mol. The van der Waals surface area contributed by atoms with Crippen molar-refractivity contribution in [3.63, 3.8) is 0 Å². The highest BCUT2D eigenvalue weighted by Gasteiger charge is 2.34. The molecule has 2 aliphatic heterocycles. The maximum atomic E-state index is 11.6. The van der Waals surface area contributed by atoms with E-state index in [0.29, 0.717) is 33.0 Å². The molecule has 15 heavy (non-hydrogen) atoms. The minimum atomic E-state index is -0.719. The topological polar surface area (TPSA) is 56.8 Å². The second kappa shape index (κ2) is 4.47. The van der Waals surface area contributed by atoms with E-state index in [-0.39, 0.29) is 11.3 Å². The molecule has 0 atom stereocenters. The Balaban J connectivity index is 1.71. The highest BCUT2D eigenvalue weighted by atomic mass is 16.7. The standard InChI is InChI=1S/C10H17NO4/c1-10(6-13-7-10)5-11-8(12)9-14-3-2-4-15-9/h9H,2-7H2,1H3,(H,11,12). The molecule has 2 rings (SSSR count). The number of ether oxygens (including phenoxy) is 3. The zero-order valence-corrected chi connectivity index (χ0v) is 8.95. The van der Waals surface area contributed by atoms with Gasteiger partial charge in [0.15, 0.2) is 0 Å². The van der Waals surface area contributed by atoms with E-state index in [4.69, 9.17) is 14.2 Å². The molecule has 5 nitrogen and oxygen atoms in total. The molecule has 5 heteroatoms. The molecule has 0 bridgehead atoms. The summed E-state index contributed by atoms with van der Waals surface area (Å²) in [7, 11) is 0. The molecule has 0 unspecified atom stereocenters. The fourth-order valence-electron chi connectivity index (χ4n) is 1.58. The number of carbonyl (C=O) groups is 1. The van der Waals surface area contributed by atoms with E-state index in [1.54, 1.807) is 0 Å². The van der Waals surface area contributed by atoms with Gasteiger partial charge in [0.05, 0.1) is 26.4 Å². The van der Waals surface area contributed by atoms with Crippen LogP contribution in [-0.4, -0.2) is 45.2 Å². The van der Waals surface area contributed by atoms with Crippen molar-refractivity contribution in [1.82, 2.24) is 5.32 Å². The summed E-state index contributed by atoms with van der Waals surface area (Å²) in [6, 6.07) is 0. The summed E-state index contributed by atoms with van der Waals surface area (Å²) >= 11 is 0. The molecule has 0 aromatic heterocycles. The number of hydrogen-bond donors (Lipinski definition) is 1. The molecule has 2 aliphatic rings. The van der Waals surface area contributed by atoms with Gasteiger partial charge in [0.2, 0.25) is 6.29 Å². The monoisotopic (exact) mass is 215 g/mol. The van der Waals surface area contributed by atoms with Crippen molar-refractivity contribution in [2.75, 3.05) is 33.0 Å². The fourth-order valence-corrected chi connectivity index (χ4v) is 1.58. The molecule has 0 saturated carbocycles. The Morgan fingerprint density at radius 2 is 2.07 bits per heavy atom. The van der Waals surface area contributed by atoms with Gasteiger partial charge in [-0.1, -0.05) is 6.92 Å². The molecule has 0 aliphatic carbocycles. The molecule has 1 amide bonds. The highest BCUT2D eigenvalue weighted by molar-refractivity contribution is 5.79. The number of rotatable bonds is 3. The van der Waals surface area contributed by atoms with Gasteiger partial charge in [0, 0.05) is 12.0 Å². The smallest absolute Gasteiger partial charge is 0.277 e. The van der Waals surface area contributed by atoms with Crippen LogP contribution in [0.25, 0.3) is 0 Å². The summed E-state index contributed by atoms with van der Waals surface area (Å²) < 4.78 is 15.5. The summed E-state index contributed by atoms with van der Waals surface area (Å²) in [6.45, 7) is 5.31. The Morgan fingerprint density at radius 1 is 1.40 bits per heavy atom. The molecule has 0 aromatic rings. The van der Waals surface area contributed by atoms with Crippen molar-refractivity contribution < 1.29 is 19.0 Å². The lowest BCUT2D eigenvalue weighted by Crippen LogP contribution is -2.51. The first-order valence-corrected chi connectivity index (χ1v) is 5.28. The van der Waals surface area contributed by atoms with E-state index in [1.165, 1.54) is 0 Å². The Labute approximate surface area is 89.1 Å². The predicted octanol–water partition coefficient (Wildman–Crippen LogP) is -0.0979. The molecule has 0 aromatic carbocycles. The van der Waals surface area contributed by atoms with E-state index in [0.717, 1.165) is 6.42 Å². The Morgan fingerprint density at radius 3 is 2.60 bits per heavy atom. The lowest BCUT2D eigenvalue weighted by molar-refractivity contribution is -0.191. The Kier molecular flexibility index (Phi) is 3.23. The molecule has 2 fully saturated rings. The number of amides is 1. The van der Waals surface area contributed by atoms with Crippen LogP contribution in [0.1, 0.15) is 13.3 Å². The number of hydrogen-bond acceptors (Lipinski definition) is 4. The molecular weight excluding hydrogens is 198 g/mol. The fraction of sp³-hybridized carbons (Fsp3) is 0.900. The molecule has 86 valence electrons. The summed E-state index contributed by atoms with van der Waals surface area (Å²) in [6.07, 6.45) is 0.137. The quantitative estimate of drug-likeness (QED) is 0.714. The van der Waals surface area contributed by atoms with Crippen LogP contribution in [0, 0.1) is 5.41 Å². The first-order valence-electron chi connectivity index (χ1n) is 5.28. The Bertz CT molecular complexity index is 234. The largest absolute Gasteiger partial charge is 0.380 e. The third-order valence-corrected chi connectivity index (χ3v) is 2.63. The number of carbonyl (C=O) groups excluding carboxylic acids is 1. The zero-order chi connectivity index (χ0) is 10.7. The van der Waals surface area contributed by atoms with E-state index >= 15 is 0 Å². The van der Waals surface area contributed by atoms with Crippen molar-refractivity contribution in [2.45, 2.75) is 19.6 Å². The minimum absolute atomic E-state index is 0.0876. The normalized spacial score (nSPS) is 25.7. The third-order valence-electron chi connectivity index (χ3n) is 2.63. The molecule has 0 radical (unpaired) electrons. The summed E-state index contributed by atoms with van der Waals surface area (Å²) in [5, 5.41) is 2.83. The molecule has 1 N–H and O–H groups in total. The summed E-state index contributed by atoms with van der Waals surface area (Å²) in [4.78, 5) is 11.6. The van der Waals surface area contributed by atoms with E-state index in [1.807, 2.05) is 0 Å². The van der Waals surface area contributed by atoms with Gasteiger partial charge in [-0.2, -0.15) is 0 Å². The van der Waals surface area contributed by atoms with Crippen LogP contribution >= 0.6 is 0 Å². The van der Waals surface area contributed by atoms with Gasteiger partial charge in [-0.25, -0.2) is 0 Å². The molecular formula is C10H17NO4. The van der Waals surface area contributed by atoms with Crippen molar-refractivity contribution in [1.29, 1.82) is 0 Å². The van der Waals surface area contributed by atoms with Gasteiger partial charge in [0.25, 0.3) is 5.91 Å². The van der Waals surface area contributed by atoms with Crippen LogP contribution in [-0.2, 0) is 19.0 Å². The average Bonchev–Trinajstić information content (AvgIpc) is 2.24. The highest BCUT2D eigenvalue weighted by Crippen LogP contribution is 2.25. The number of nitrogens with one attached hydrogen (secondary N) is 1. The van der Waals surface area contributed by atoms with Gasteiger partial charge >= 0.3 is 0 Å². The summed E-state index contributed by atoms with van der Waals surface area (Å²) in [5.41, 5.74) is 0.0876. The lowest BCUT2D eigenvalue weighted by atomic mass is 9.89. The maximum absolute atomic E-state index is 11.6. The first kappa shape index (κ1) is 10.9. The van der Waals surface area contributed by atoms with Crippen molar-refractivity contribution in [3.05, 3.63) is 0 Å². The molecule has 2 saturated heterocycles. The van der Waals surface area contributed by atoms with E-state index in [2.05, 4.69) is 12.2 Å². The van der Waals surface area contributed by atoms with Crippen LogP contribution in [0.15, 0.2) is 0 Å². The Hall–Kier alpha value is -0.650. The second-order valence-electron chi connectivity index (χ2n) is 4.45. The van der Waals surface area contributed by atoms with Crippen molar-refractivity contribution in [3.8, 4) is 0 Å². The zero-order valence-electron chi connectivity index (χ0n) is 8.95. The van der Waals surface area contributed by atoms with Gasteiger partial charge in [-0.15, -0.1) is 0 Å². The van der Waals surface area contributed by atoms with Gasteiger partial charge < -0.3 is 19.5 Å². The van der Waals surface area contributed by atoms with Crippen molar-refractivity contribution >= 4 is 5.91 Å². The van der Waals surface area contributed by atoms with Crippen molar-refractivity contribution in [2.24, 2.45) is 5.41 Å². The van der Waals surface area contributed by atoms with Gasteiger partial charge in [-0.05, 0) is 6.42 Å². The third kappa shape index (κ3) is 2.68. The van der Waals surface area contributed by atoms with E-state index < -0.39 is 6.29 Å². The lowest BCUT2D eigenvalue weighted by Gasteiger charge is -2.38. The van der Waals surface area contributed by atoms with Crippen LogP contribution in [0.4, 0.5) is 0 Å². The van der Waals surface area contributed by atoms with Crippen LogP contribution in [0.5, 0.6) is 0 Å². The molecule has 0 spiro atoms. The predicted molar refractivity (Wildman–Crippen MR) is 52.2 cm³/mol. The first-order chi connectivity index (χ1) is 7.20. The molecule has 2 heterocycles. The van der Waals surface area contributed by atoms with Crippen LogP contribution in [0.2, 0.25) is 0 Å². The van der Waals surface area contributed by atoms with Gasteiger partial charge in [0.1, 0.15) is 0 Å². The van der Waals surface area contributed by atoms with Crippen LogP contribution in [0.3, 0.4) is 0 Å². The van der Waals surface area contributed by atoms with Gasteiger partial charge in [-0.3, -0.25) is 4.79 Å². The maximum Gasteiger partial charge on any atom is 0.277 e. The van der Waals surface area contributed by atoms with Crippen LogP contribution < -0.4 is 5.32 Å². The summed E-state index contributed by atoms with van der Waals surface area (Å²) in [5.74, 6) is -0.178. The second-order valence-corrected chi connectivity index (χ2v) is 4.45. The SMILES string of the molecule is CC1(CNC(=O)C2OCCCO2)COC1. The minimum Gasteiger partial charge on any atom is -0.380 e.